The summed E-state index contributed by atoms with van der Waals surface area (Å²) in [6.07, 6.45) is 0.276. The lowest BCUT2D eigenvalue weighted by atomic mass is 9.91. The molecule has 0 spiro atoms. The van der Waals surface area contributed by atoms with Crippen LogP contribution in [0.5, 0.6) is 0 Å². The van der Waals surface area contributed by atoms with Crippen molar-refractivity contribution in [3.8, 4) is 0 Å². The largest absolute Gasteiger partial charge is 0.388 e. The van der Waals surface area contributed by atoms with E-state index in [9.17, 15) is 28.2 Å². The molecule has 1 saturated heterocycles. The number of nitrogens with two attached hydrogens (primary N) is 1. The predicted octanol–water partition coefficient (Wildman–Crippen LogP) is 3.10. The van der Waals surface area contributed by atoms with Gasteiger partial charge in [-0.1, -0.05) is 73.7 Å². The summed E-state index contributed by atoms with van der Waals surface area (Å²) in [4.78, 5) is 41.6. The van der Waals surface area contributed by atoms with E-state index in [-0.39, 0.29) is 53.7 Å². The fourth-order valence-corrected chi connectivity index (χ4v) is 7.87. The minimum Gasteiger partial charge on any atom is -0.388 e. The zero-order chi connectivity index (χ0) is 38.7. The molecule has 0 bridgehead atoms. The van der Waals surface area contributed by atoms with E-state index in [0.29, 0.717) is 49.0 Å². The Morgan fingerprint density at radius 3 is 2.30 bits per heavy atom. The molecule has 3 heterocycles. The number of rotatable bonds is 12. The summed E-state index contributed by atoms with van der Waals surface area (Å²) in [7, 11) is -3.94. The number of imidazole rings is 1. The first-order chi connectivity index (χ1) is 26.5. The molecule has 296 valence electrons. The second-order valence-electron chi connectivity index (χ2n) is 13.9. The van der Waals surface area contributed by atoms with Gasteiger partial charge in [-0.2, -0.15) is 9.97 Å². The summed E-state index contributed by atoms with van der Waals surface area (Å²) in [5, 5.41) is 39.3. The normalized spacial score (nSPS) is 20.8. The molecule has 2 aliphatic rings. The Hall–Kier alpha value is -5.33. The van der Waals surface area contributed by atoms with Gasteiger partial charge in [0.25, 0.3) is 0 Å². The van der Waals surface area contributed by atoms with Crippen molar-refractivity contribution in [3.05, 3.63) is 102 Å². The topological polar surface area (TPSA) is 230 Å². The van der Waals surface area contributed by atoms with E-state index in [1.165, 1.54) is 18.2 Å². The Labute approximate surface area is 330 Å². The number of carbonyl (C=O) groups is 2. The highest BCUT2D eigenvalue weighted by Crippen LogP contribution is 2.35. The van der Waals surface area contributed by atoms with E-state index in [1.807, 2.05) is 41.3 Å². The van der Waals surface area contributed by atoms with E-state index in [4.69, 9.17) is 20.1 Å². The molecule has 1 aliphatic heterocycles. The number of halogens is 1. The van der Waals surface area contributed by atoms with Gasteiger partial charge in [-0.3, -0.25) is 4.79 Å². The van der Waals surface area contributed by atoms with Crippen molar-refractivity contribution in [3.63, 3.8) is 0 Å². The molecule has 16 nitrogen and oxygen atoms in total. The van der Waals surface area contributed by atoms with E-state index in [2.05, 4.69) is 45.5 Å². The second kappa shape index (κ2) is 17.2. The minimum atomic E-state index is -3.94. The monoisotopic (exact) mass is 804 g/mol. The molecule has 56 heavy (non-hydrogen) atoms. The van der Waals surface area contributed by atoms with Crippen LogP contribution in [0.4, 0.5) is 22.2 Å². The fourth-order valence-electron chi connectivity index (χ4n) is 7.31. The molecular formula is C38H45ClN10O6S. The third kappa shape index (κ3) is 8.87. The summed E-state index contributed by atoms with van der Waals surface area (Å²) in [6, 6.07) is 23.9. The molecule has 3 aromatic carbocycles. The Morgan fingerprint density at radius 2 is 1.64 bits per heavy atom. The smallest absolute Gasteiger partial charge is 0.319 e. The molecule has 1 saturated carbocycles. The maximum Gasteiger partial charge on any atom is 0.319 e. The zero-order valence-electron chi connectivity index (χ0n) is 30.5. The molecule has 3 amide bonds. The number of amides is 3. The highest BCUT2D eigenvalue weighted by molar-refractivity contribution is 7.89. The van der Waals surface area contributed by atoms with Crippen LogP contribution in [0.1, 0.15) is 49.3 Å². The van der Waals surface area contributed by atoms with Crippen LogP contribution in [0.25, 0.3) is 11.2 Å². The Bertz CT molecular complexity index is 2230. The number of sulfonamides is 1. The molecule has 5 atom stereocenters. The quantitative estimate of drug-likeness (QED) is 0.0969. The van der Waals surface area contributed by atoms with E-state index < -0.39 is 40.3 Å². The summed E-state index contributed by atoms with van der Waals surface area (Å²) >= 11 is 0. The number of anilines is 3. The molecule has 0 radical (unpaired) electrons. The lowest BCUT2D eigenvalue weighted by Crippen LogP contribution is -2.42. The van der Waals surface area contributed by atoms with Crippen molar-refractivity contribution in [1.29, 1.82) is 0 Å². The van der Waals surface area contributed by atoms with Crippen molar-refractivity contribution in [2.24, 2.45) is 5.14 Å². The lowest BCUT2D eigenvalue weighted by Gasteiger charge is -2.22. The van der Waals surface area contributed by atoms with Crippen LogP contribution in [0.15, 0.2) is 96.2 Å². The number of hydrogen-bond donors (Lipinski definition) is 7. The SMILES string of the molecule is CCC(=O)N[C@H]1C[C@@H](n2cnc3c(NCC(c4ccccc4)c4ccccc4)nc(N4CC[C@@H](NC(=O)Nc5cccc(S(N)(=O)=O)c5)C4)nc32)[C@H](O)C1O.Cl. The number of aliphatic hydroxyl groups is 2. The van der Waals surface area contributed by atoms with Crippen LogP contribution in [-0.4, -0.2) is 94.0 Å². The van der Waals surface area contributed by atoms with Crippen molar-refractivity contribution in [1.82, 2.24) is 30.2 Å². The number of aromatic nitrogens is 4. The molecular weight excluding hydrogens is 760 g/mol. The summed E-state index contributed by atoms with van der Waals surface area (Å²) < 4.78 is 25.3. The highest BCUT2D eigenvalue weighted by atomic mass is 35.5. The highest BCUT2D eigenvalue weighted by Gasteiger charge is 2.44. The molecule has 2 aromatic heterocycles. The lowest BCUT2D eigenvalue weighted by molar-refractivity contribution is -0.122. The van der Waals surface area contributed by atoms with E-state index in [1.54, 1.807) is 23.9 Å². The molecule has 1 unspecified atom stereocenters. The number of primary sulfonamides is 1. The number of nitrogens with zero attached hydrogens (tertiary/aromatic N) is 5. The third-order valence-corrected chi connectivity index (χ3v) is 11.1. The molecule has 1 aliphatic carbocycles. The van der Waals surface area contributed by atoms with Gasteiger partial charge in [0, 0.05) is 43.7 Å². The Morgan fingerprint density at radius 1 is 0.946 bits per heavy atom. The van der Waals surface area contributed by atoms with E-state index in [0.717, 1.165) is 11.1 Å². The zero-order valence-corrected chi connectivity index (χ0v) is 32.2. The molecule has 2 fully saturated rings. The van der Waals surface area contributed by atoms with Gasteiger partial charge in [0.1, 0.15) is 12.2 Å². The van der Waals surface area contributed by atoms with Crippen LogP contribution in [0.3, 0.4) is 0 Å². The maximum atomic E-state index is 13.0. The molecule has 8 N–H and O–H groups in total. The minimum absolute atomic E-state index is 0. The first-order valence-corrected chi connectivity index (χ1v) is 19.7. The van der Waals surface area contributed by atoms with Crippen LogP contribution >= 0.6 is 12.4 Å². The average Bonchev–Trinajstić information content (AvgIpc) is 3.90. The van der Waals surface area contributed by atoms with Crippen LogP contribution in [-0.2, 0) is 14.8 Å². The molecule has 18 heteroatoms. The van der Waals surface area contributed by atoms with Gasteiger partial charge in [0.2, 0.25) is 21.9 Å². The van der Waals surface area contributed by atoms with Crippen molar-refractivity contribution in [2.45, 2.75) is 67.3 Å². The summed E-state index contributed by atoms with van der Waals surface area (Å²) in [6.45, 7) is 3.08. The van der Waals surface area contributed by atoms with Gasteiger partial charge in [-0.15, -0.1) is 12.4 Å². The number of nitrogens with one attached hydrogen (secondary N) is 4. The molecule has 5 aromatic rings. The van der Waals surface area contributed by atoms with Gasteiger partial charge in [0.15, 0.2) is 17.0 Å². The number of fused-ring (bicyclic) bond motifs is 1. The van der Waals surface area contributed by atoms with Gasteiger partial charge in [-0.05, 0) is 42.2 Å². The van der Waals surface area contributed by atoms with Gasteiger partial charge >= 0.3 is 6.03 Å². The average molecular weight is 805 g/mol. The Kier molecular flexibility index (Phi) is 12.4. The maximum absolute atomic E-state index is 13.0. The van der Waals surface area contributed by atoms with Crippen molar-refractivity contribution in [2.75, 3.05) is 35.2 Å². The number of aliphatic hydroxyl groups excluding tert-OH is 2. The second-order valence-corrected chi connectivity index (χ2v) is 15.4. The van der Waals surface area contributed by atoms with Crippen LogP contribution in [0.2, 0.25) is 0 Å². The third-order valence-electron chi connectivity index (χ3n) is 10.2. The van der Waals surface area contributed by atoms with Gasteiger partial charge < -0.3 is 40.9 Å². The standard InChI is InChI=1S/C38H44N10O6S.ClH/c1-2-31(49)44-29-19-30(34(51)33(29)50)48-22-41-32-35(40-20-28(23-10-5-3-6-11-23)24-12-7-4-8-13-24)45-37(46-36(32)48)47-17-16-26(21-47)43-38(52)42-25-14-9-15-27(18-25)55(39,53)54;/h3-15,18,22,26,28-30,33-34,50-51H,2,16-17,19-21H2,1H3,(H,44,49)(H2,39,53,54)(H,40,45,46)(H2,42,43,52);1H/t26-,29+,30-,33?,34+;/m1./s1. The van der Waals surface area contributed by atoms with Crippen molar-refractivity contribution < 1.29 is 28.2 Å². The number of urea groups is 1. The fraction of sp³-hybridized carbons (Fsp3) is 0.342. The number of carbonyl (C=O) groups excluding carboxylic acids is 2. The number of hydrogen-bond acceptors (Lipinski definition) is 11. The first-order valence-electron chi connectivity index (χ1n) is 18.2. The Balaban J connectivity index is 0.00000532. The summed E-state index contributed by atoms with van der Waals surface area (Å²) in [5.41, 5.74) is 3.41. The number of benzene rings is 3. The van der Waals surface area contributed by atoms with Crippen molar-refractivity contribution >= 4 is 63.0 Å². The van der Waals surface area contributed by atoms with Crippen LogP contribution < -0.4 is 31.3 Å². The predicted molar refractivity (Wildman–Crippen MR) is 214 cm³/mol. The summed E-state index contributed by atoms with van der Waals surface area (Å²) in [5.74, 6) is 0.598. The van der Waals surface area contributed by atoms with E-state index >= 15 is 0 Å². The van der Waals surface area contributed by atoms with Gasteiger partial charge in [0.05, 0.1) is 23.3 Å². The molecule has 7 rings (SSSR count). The first kappa shape index (κ1) is 40.3. The van der Waals surface area contributed by atoms with Gasteiger partial charge in [-0.25, -0.2) is 23.3 Å². The van der Waals surface area contributed by atoms with Crippen LogP contribution in [0, 0.1) is 0 Å².